The lowest BCUT2D eigenvalue weighted by Crippen LogP contribution is -2.41. The van der Waals surface area contributed by atoms with E-state index in [1.54, 1.807) is 7.11 Å². The maximum atomic E-state index is 11.6. The molecule has 0 saturated heterocycles. The van der Waals surface area contributed by atoms with E-state index in [1.807, 2.05) is 25.1 Å². The molecule has 19 heavy (non-hydrogen) atoms. The van der Waals surface area contributed by atoms with Gasteiger partial charge in [0.25, 0.3) is 0 Å². The van der Waals surface area contributed by atoms with Crippen molar-refractivity contribution in [3.63, 3.8) is 0 Å². The zero-order valence-corrected chi connectivity index (χ0v) is 11.6. The van der Waals surface area contributed by atoms with Gasteiger partial charge in [-0.1, -0.05) is 12.1 Å². The van der Waals surface area contributed by atoms with Crippen molar-refractivity contribution in [1.82, 2.24) is 5.32 Å². The van der Waals surface area contributed by atoms with Crippen molar-refractivity contribution < 1.29 is 19.1 Å². The van der Waals surface area contributed by atoms with Crippen LogP contribution >= 0.6 is 0 Å². The van der Waals surface area contributed by atoms with Crippen LogP contribution < -0.4 is 10.1 Å². The first-order chi connectivity index (χ1) is 8.97. The average molecular weight is 265 g/mol. The number of hydrogen-bond acceptors (Lipinski definition) is 4. The first-order valence-corrected chi connectivity index (χ1v) is 5.96. The number of ether oxygens (including phenoxy) is 2. The Balaban J connectivity index is 2.86. The molecule has 0 aliphatic rings. The molecule has 5 heteroatoms. The predicted octanol–water partition coefficient (Wildman–Crippen LogP) is 1.22. The molecule has 0 saturated carbocycles. The Bertz CT molecular complexity index is 471. The van der Waals surface area contributed by atoms with Crippen molar-refractivity contribution in [2.24, 2.45) is 0 Å². The van der Waals surface area contributed by atoms with E-state index < -0.39 is 12.0 Å². The minimum absolute atomic E-state index is 0.263. The summed E-state index contributed by atoms with van der Waals surface area (Å²) in [6, 6.07) is 4.96. The van der Waals surface area contributed by atoms with E-state index in [1.165, 1.54) is 14.0 Å². The van der Waals surface area contributed by atoms with Crippen molar-refractivity contribution in [3.8, 4) is 5.75 Å². The van der Waals surface area contributed by atoms with Crippen molar-refractivity contribution in [2.75, 3.05) is 14.2 Å². The lowest BCUT2D eigenvalue weighted by atomic mass is 10.0. The van der Waals surface area contributed by atoms with Gasteiger partial charge in [0.2, 0.25) is 5.91 Å². The van der Waals surface area contributed by atoms with Gasteiger partial charge in [0, 0.05) is 13.3 Å². The number of carbonyl (C=O) groups excluding carboxylic acids is 2. The van der Waals surface area contributed by atoms with Crippen LogP contribution in [0.25, 0.3) is 0 Å². The highest BCUT2D eigenvalue weighted by Gasteiger charge is 2.20. The van der Waals surface area contributed by atoms with Gasteiger partial charge in [0.15, 0.2) is 0 Å². The van der Waals surface area contributed by atoms with Crippen LogP contribution in [0.4, 0.5) is 0 Å². The Hall–Kier alpha value is -2.04. The smallest absolute Gasteiger partial charge is 0.328 e. The highest BCUT2D eigenvalue weighted by Crippen LogP contribution is 2.19. The molecular weight excluding hydrogens is 246 g/mol. The number of rotatable bonds is 5. The largest absolute Gasteiger partial charge is 0.496 e. The van der Waals surface area contributed by atoms with Crippen molar-refractivity contribution in [3.05, 3.63) is 29.3 Å². The van der Waals surface area contributed by atoms with E-state index in [9.17, 15) is 9.59 Å². The molecule has 1 atom stereocenters. The number of amides is 1. The lowest BCUT2D eigenvalue weighted by Gasteiger charge is -2.16. The summed E-state index contributed by atoms with van der Waals surface area (Å²) < 4.78 is 9.86. The highest BCUT2D eigenvalue weighted by molar-refractivity contribution is 5.83. The molecule has 0 radical (unpaired) electrons. The summed E-state index contributed by atoms with van der Waals surface area (Å²) >= 11 is 0. The maximum Gasteiger partial charge on any atom is 0.328 e. The molecular formula is C14H19NO4. The molecule has 1 amide bonds. The van der Waals surface area contributed by atoms with Crippen LogP contribution in [0.3, 0.4) is 0 Å². The van der Waals surface area contributed by atoms with Gasteiger partial charge in [-0.05, 0) is 24.1 Å². The van der Waals surface area contributed by atoms with Crippen molar-refractivity contribution >= 4 is 11.9 Å². The molecule has 104 valence electrons. The molecule has 5 nitrogen and oxygen atoms in total. The SMILES string of the molecule is COC(=O)[C@H](Cc1ccc(OC)c(C)c1)NC(C)=O. The number of nitrogens with one attached hydrogen (secondary N) is 1. The minimum atomic E-state index is -0.671. The Labute approximate surface area is 112 Å². The van der Waals surface area contributed by atoms with Gasteiger partial charge in [0.05, 0.1) is 14.2 Å². The second-order valence-electron chi connectivity index (χ2n) is 4.28. The van der Waals surface area contributed by atoms with E-state index in [-0.39, 0.29) is 5.91 Å². The molecule has 0 bridgehead atoms. The van der Waals surface area contributed by atoms with Gasteiger partial charge in [-0.15, -0.1) is 0 Å². The Morgan fingerprint density at radius 3 is 2.47 bits per heavy atom. The fraction of sp³-hybridized carbons (Fsp3) is 0.429. The summed E-state index contributed by atoms with van der Waals surface area (Å²) in [5, 5.41) is 2.58. The topological polar surface area (TPSA) is 64.6 Å². The third-order valence-corrected chi connectivity index (χ3v) is 2.76. The van der Waals surface area contributed by atoms with E-state index in [0.29, 0.717) is 6.42 Å². The van der Waals surface area contributed by atoms with Crippen LogP contribution in [0.2, 0.25) is 0 Å². The van der Waals surface area contributed by atoms with E-state index in [2.05, 4.69) is 10.1 Å². The van der Waals surface area contributed by atoms with E-state index in [4.69, 9.17) is 4.74 Å². The number of methoxy groups -OCH3 is 2. The average Bonchev–Trinajstić information content (AvgIpc) is 2.36. The normalized spacial score (nSPS) is 11.6. The summed E-state index contributed by atoms with van der Waals surface area (Å²) in [6.07, 6.45) is 0.386. The Morgan fingerprint density at radius 1 is 1.32 bits per heavy atom. The van der Waals surface area contributed by atoms with Crippen molar-refractivity contribution in [2.45, 2.75) is 26.3 Å². The summed E-state index contributed by atoms with van der Waals surface area (Å²) in [5.41, 5.74) is 1.91. The Morgan fingerprint density at radius 2 is 2.00 bits per heavy atom. The molecule has 0 aliphatic carbocycles. The third-order valence-electron chi connectivity index (χ3n) is 2.76. The zero-order valence-electron chi connectivity index (χ0n) is 11.6. The fourth-order valence-electron chi connectivity index (χ4n) is 1.88. The van der Waals surface area contributed by atoms with Crippen LogP contribution in [-0.4, -0.2) is 32.1 Å². The quantitative estimate of drug-likeness (QED) is 0.813. The van der Waals surface area contributed by atoms with Crippen LogP contribution in [0, 0.1) is 6.92 Å². The summed E-state index contributed by atoms with van der Waals surface area (Å²) in [7, 11) is 2.91. The summed E-state index contributed by atoms with van der Waals surface area (Å²) in [5.74, 6) is 0.0715. The molecule has 0 fully saturated rings. The number of hydrogen-bond donors (Lipinski definition) is 1. The van der Waals surface area contributed by atoms with Gasteiger partial charge in [-0.2, -0.15) is 0 Å². The molecule has 0 unspecified atom stereocenters. The van der Waals surface area contributed by atoms with Crippen LogP contribution in [0.5, 0.6) is 5.75 Å². The predicted molar refractivity (Wildman–Crippen MR) is 71.1 cm³/mol. The number of benzene rings is 1. The molecule has 1 aromatic carbocycles. The molecule has 1 aromatic rings. The monoisotopic (exact) mass is 265 g/mol. The second kappa shape index (κ2) is 6.78. The van der Waals surface area contributed by atoms with Gasteiger partial charge >= 0.3 is 5.97 Å². The summed E-state index contributed by atoms with van der Waals surface area (Å²) in [6.45, 7) is 3.29. The molecule has 1 rings (SSSR count). The number of carbonyl (C=O) groups is 2. The molecule has 0 aromatic heterocycles. The van der Waals surface area contributed by atoms with Crippen LogP contribution in [0.15, 0.2) is 18.2 Å². The van der Waals surface area contributed by atoms with Crippen molar-refractivity contribution in [1.29, 1.82) is 0 Å². The molecule has 0 heterocycles. The van der Waals surface area contributed by atoms with Gasteiger partial charge in [0.1, 0.15) is 11.8 Å². The van der Waals surface area contributed by atoms with Gasteiger partial charge in [-0.3, -0.25) is 4.79 Å². The first-order valence-electron chi connectivity index (χ1n) is 5.96. The zero-order chi connectivity index (χ0) is 14.4. The van der Waals surface area contributed by atoms with E-state index >= 15 is 0 Å². The molecule has 0 spiro atoms. The number of esters is 1. The van der Waals surface area contributed by atoms with Gasteiger partial charge < -0.3 is 14.8 Å². The third kappa shape index (κ3) is 4.28. The fourth-order valence-corrected chi connectivity index (χ4v) is 1.88. The lowest BCUT2D eigenvalue weighted by molar-refractivity contribution is -0.144. The molecule has 0 aliphatic heterocycles. The standard InChI is InChI=1S/C14H19NO4/c1-9-7-11(5-6-13(9)18-3)8-12(14(17)19-4)15-10(2)16/h5-7,12H,8H2,1-4H3,(H,15,16)/t12-/m0/s1. The number of aryl methyl sites for hydroxylation is 1. The van der Waals surface area contributed by atoms with Gasteiger partial charge in [-0.25, -0.2) is 4.79 Å². The van der Waals surface area contributed by atoms with Crippen LogP contribution in [-0.2, 0) is 20.7 Å². The second-order valence-corrected chi connectivity index (χ2v) is 4.28. The first kappa shape index (κ1) is 15.0. The summed E-state index contributed by atoms with van der Waals surface area (Å²) in [4.78, 5) is 22.7. The van der Waals surface area contributed by atoms with Crippen LogP contribution in [0.1, 0.15) is 18.1 Å². The maximum absolute atomic E-state index is 11.6. The highest BCUT2D eigenvalue weighted by atomic mass is 16.5. The Kier molecular flexibility index (Phi) is 5.36. The minimum Gasteiger partial charge on any atom is -0.496 e. The van der Waals surface area contributed by atoms with E-state index in [0.717, 1.165) is 16.9 Å². The molecule has 1 N–H and O–H groups in total.